The highest BCUT2D eigenvalue weighted by Crippen LogP contribution is 2.63. The van der Waals surface area contributed by atoms with Crippen molar-refractivity contribution in [3.8, 4) is 0 Å². The van der Waals surface area contributed by atoms with Crippen LogP contribution in [0.15, 0.2) is 196 Å². The molecular formula is C45H38B4N4S2. The van der Waals surface area contributed by atoms with Crippen molar-refractivity contribution >= 4 is 57.0 Å². The Morgan fingerprint density at radius 3 is 1.49 bits per heavy atom. The maximum absolute atomic E-state index is 2.54. The molecule has 1 saturated heterocycles. The summed E-state index contributed by atoms with van der Waals surface area (Å²) in [5.41, 5.74) is 8.89. The highest BCUT2D eigenvalue weighted by atomic mass is 32.2. The van der Waals surface area contributed by atoms with E-state index in [9.17, 15) is 0 Å². The van der Waals surface area contributed by atoms with Gasteiger partial charge in [-0.15, -0.1) is 0 Å². The standard InChI is InChI=1S/C45H38B4N4S2/c1-44(2,3)37-22-23-38-43(55-41-21-9-6-18-36(41)45(38)34-16-4-7-19-39(34)54-40-20-8-5-17-35(40)45)42(37)33-24-31-53-48-27-11-14-29-51(48)46-25-10-13-28-50(46)47-26-12-15-30-52(47)49(53)32-33/h4-32H,1-3H3. The first-order chi connectivity index (χ1) is 26.9. The van der Waals surface area contributed by atoms with Gasteiger partial charge in [0.25, 0.3) is 0 Å². The number of hydrogen-bond acceptors (Lipinski definition) is 6. The van der Waals surface area contributed by atoms with Gasteiger partial charge in [-0.3, -0.25) is 0 Å². The molecule has 10 heteroatoms. The first kappa shape index (κ1) is 33.3. The summed E-state index contributed by atoms with van der Waals surface area (Å²) in [5, 5.41) is 0. The minimum Gasteiger partial charge on any atom is -0.423 e. The maximum atomic E-state index is 2.54. The van der Waals surface area contributed by atoms with E-state index in [1.807, 2.05) is 23.5 Å². The van der Waals surface area contributed by atoms with E-state index in [0.29, 0.717) is 0 Å². The third-order valence-electron chi connectivity index (χ3n) is 12.1. The molecule has 0 saturated carbocycles. The Morgan fingerprint density at radius 1 is 0.491 bits per heavy atom. The average molecular weight is 742 g/mol. The van der Waals surface area contributed by atoms with Gasteiger partial charge in [0, 0.05) is 19.6 Å². The van der Waals surface area contributed by atoms with Crippen molar-refractivity contribution in [3.63, 3.8) is 0 Å². The van der Waals surface area contributed by atoms with Gasteiger partial charge in [-0.2, -0.15) is 0 Å². The van der Waals surface area contributed by atoms with Crippen molar-refractivity contribution < 1.29 is 0 Å². The van der Waals surface area contributed by atoms with Crippen molar-refractivity contribution in [2.24, 2.45) is 0 Å². The van der Waals surface area contributed by atoms with E-state index in [4.69, 9.17) is 0 Å². The smallest absolute Gasteiger partial charge is 0.381 e. The summed E-state index contributed by atoms with van der Waals surface area (Å²) in [7, 11) is 0. The van der Waals surface area contributed by atoms with Crippen LogP contribution in [-0.2, 0) is 10.8 Å². The monoisotopic (exact) mass is 742 g/mol. The topological polar surface area (TPSA) is 13.0 Å². The van der Waals surface area contributed by atoms with Gasteiger partial charge in [0.15, 0.2) is 0 Å². The van der Waals surface area contributed by atoms with E-state index >= 15 is 0 Å². The summed E-state index contributed by atoms with van der Waals surface area (Å²) in [4.78, 5) is 5.33. The lowest BCUT2D eigenvalue weighted by Crippen LogP contribution is -2.73. The maximum Gasteiger partial charge on any atom is 0.381 e. The van der Waals surface area contributed by atoms with Gasteiger partial charge >= 0.3 is 27.9 Å². The van der Waals surface area contributed by atoms with E-state index in [2.05, 4.69) is 216 Å². The van der Waals surface area contributed by atoms with E-state index in [1.54, 1.807) is 0 Å². The van der Waals surface area contributed by atoms with Crippen LogP contribution >= 0.6 is 23.5 Å². The predicted molar refractivity (Wildman–Crippen MR) is 234 cm³/mol. The van der Waals surface area contributed by atoms with Gasteiger partial charge in [-0.05, 0) is 112 Å². The molecule has 262 valence electrons. The quantitative estimate of drug-likeness (QED) is 0.155. The van der Waals surface area contributed by atoms with Crippen LogP contribution in [0.2, 0.25) is 0 Å². The minimum absolute atomic E-state index is 0.0389. The van der Waals surface area contributed by atoms with Crippen LogP contribution in [0, 0.1) is 0 Å². The molecule has 0 N–H and O–H groups in total. The highest BCUT2D eigenvalue weighted by molar-refractivity contribution is 8.00. The first-order valence-electron chi connectivity index (χ1n) is 19.3. The van der Waals surface area contributed by atoms with Crippen molar-refractivity contribution in [2.45, 2.75) is 51.2 Å². The number of fused-ring (bicyclic) bond motifs is 16. The van der Waals surface area contributed by atoms with Crippen molar-refractivity contribution in [2.75, 3.05) is 0 Å². The van der Waals surface area contributed by atoms with E-state index in [1.165, 1.54) is 58.5 Å². The number of hydrogen-bond donors (Lipinski definition) is 0. The molecule has 4 aromatic carbocycles. The Balaban J connectivity index is 1.17. The van der Waals surface area contributed by atoms with Gasteiger partial charge in [-0.25, -0.2) is 0 Å². The highest BCUT2D eigenvalue weighted by Gasteiger charge is 2.52. The Bertz CT molecular complexity index is 2440. The molecule has 0 atom stereocenters. The number of nitrogens with zero attached hydrogens (tertiary/aromatic N) is 4. The molecule has 0 aromatic heterocycles. The van der Waals surface area contributed by atoms with Crippen molar-refractivity contribution in [1.29, 1.82) is 0 Å². The van der Waals surface area contributed by atoms with Crippen LogP contribution in [0.4, 0.5) is 0 Å². The molecular weight excluding hydrogens is 704 g/mol. The lowest BCUT2D eigenvalue weighted by atomic mass is 9.41. The zero-order valence-corrected chi connectivity index (χ0v) is 32.8. The second kappa shape index (κ2) is 12.5. The molecule has 4 nitrogen and oxygen atoms in total. The molecule has 0 unspecified atom stereocenters. The van der Waals surface area contributed by atoms with E-state index in [-0.39, 0.29) is 33.3 Å². The Morgan fingerprint density at radius 2 is 0.964 bits per heavy atom. The number of benzene rings is 4. The van der Waals surface area contributed by atoms with Crippen molar-refractivity contribution in [1.82, 2.24) is 18.9 Å². The summed E-state index contributed by atoms with van der Waals surface area (Å²) < 4.78 is 10.0. The normalized spacial score (nSPS) is 19.2. The SMILES string of the molecule is CC(C)(C)c1ccc2c(c1C1=CB3N4C=CC=CB4N4C=CC=CB4N4C=CC=CB4N3C=C1)Sc1ccccc1C21c2ccccc2Sc2ccccc21. The molecule has 7 heterocycles. The Kier molecular flexibility index (Phi) is 7.56. The van der Waals surface area contributed by atoms with E-state index in [0.717, 1.165) is 0 Å². The molecule has 0 radical (unpaired) electrons. The second-order valence-electron chi connectivity index (χ2n) is 16.1. The zero-order valence-electron chi connectivity index (χ0n) is 31.2. The minimum atomic E-state index is -0.458. The third kappa shape index (κ3) is 4.87. The average Bonchev–Trinajstić information content (AvgIpc) is 3.22. The van der Waals surface area contributed by atoms with Gasteiger partial charge in [-0.1, -0.05) is 153 Å². The molecule has 1 fully saturated rings. The van der Waals surface area contributed by atoms with Crippen molar-refractivity contribution in [3.05, 3.63) is 210 Å². The van der Waals surface area contributed by atoms with Crippen LogP contribution in [0.5, 0.6) is 0 Å². The van der Waals surface area contributed by atoms with Gasteiger partial charge < -0.3 is 18.9 Å². The summed E-state index contributed by atoms with van der Waals surface area (Å²) in [6.45, 7) is 7.23. The van der Waals surface area contributed by atoms with Gasteiger partial charge in [0.05, 0.1) is 5.41 Å². The molecule has 0 bridgehead atoms. The molecule has 1 spiro atoms. The first-order valence-corrected chi connectivity index (χ1v) is 20.9. The summed E-state index contributed by atoms with van der Waals surface area (Å²) in [6, 6.07) is 32.3. The third-order valence-corrected chi connectivity index (χ3v) is 14.5. The molecule has 7 aliphatic rings. The molecule has 55 heavy (non-hydrogen) atoms. The largest absolute Gasteiger partial charge is 0.423 e. The fraction of sp³-hybridized carbons (Fsp3) is 0.111. The van der Waals surface area contributed by atoms with E-state index < -0.39 is 5.41 Å². The molecule has 11 rings (SSSR count). The van der Waals surface area contributed by atoms with Crippen LogP contribution < -0.4 is 0 Å². The van der Waals surface area contributed by atoms with Gasteiger partial charge in [0.1, 0.15) is 0 Å². The van der Waals surface area contributed by atoms with Gasteiger partial charge in [0.2, 0.25) is 0 Å². The molecule has 7 aliphatic heterocycles. The Labute approximate surface area is 334 Å². The van der Waals surface area contributed by atoms with Crippen LogP contribution in [0.25, 0.3) is 5.57 Å². The second-order valence-corrected chi connectivity index (χ2v) is 18.3. The summed E-state index contributed by atoms with van der Waals surface area (Å²) in [6.07, 6.45) is 24.6. The number of allylic oxidation sites excluding steroid dienone is 8. The lowest BCUT2D eigenvalue weighted by Gasteiger charge is -2.53. The fourth-order valence-electron chi connectivity index (χ4n) is 9.79. The molecule has 0 aliphatic carbocycles. The predicted octanol–water partition coefficient (Wildman–Crippen LogP) is 9.79. The van der Waals surface area contributed by atoms with Crippen LogP contribution in [0.1, 0.15) is 54.2 Å². The number of rotatable bonds is 1. The van der Waals surface area contributed by atoms with Crippen LogP contribution in [-0.4, -0.2) is 46.8 Å². The molecule has 4 aromatic rings. The van der Waals surface area contributed by atoms with Crippen LogP contribution in [0.3, 0.4) is 0 Å². The Hall–Kier alpha value is -5.04. The molecule has 0 amide bonds. The fourth-order valence-corrected chi connectivity index (χ4v) is 12.3. The summed E-state index contributed by atoms with van der Waals surface area (Å²) >= 11 is 3.86. The summed E-state index contributed by atoms with van der Waals surface area (Å²) in [5.74, 6) is 9.53. The lowest BCUT2D eigenvalue weighted by molar-refractivity contribution is 0.582. The zero-order chi connectivity index (χ0) is 36.9.